The minimum Gasteiger partial charge on any atom is -0.488 e. The van der Waals surface area contributed by atoms with Gasteiger partial charge in [-0.05, 0) is 67.3 Å². The van der Waals surface area contributed by atoms with Gasteiger partial charge in [-0.15, -0.1) is 0 Å². The van der Waals surface area contributed by atoms with Gasteiger partial charge >= 0.3 is 18.1 Å². The van der Waals surface area contributed by atoms with E-state index in [1.165, 1.54) is 17.2 Å². The molecule has 1 aliphatic carbocycles. The highest BCUT2D eigenvalue weighted by molar-refractivity contribution is 5.75. The Balaban J connectivity index is 1.64. The van der Waals surface area contributed by atoms with Gasteiger partial charge < -0.3 is 18.7 Å². The van der Waals surface area contributed by atoms with Gasteiger partial charge in [-0.25, -0.2) is 4.79 Å². The highest BCUT2D eigenvalue weighted by Crippen LogP contribution is 2.29. The Kier molecular flexibility index (Phi) is 12.0. The zero-order valence-corrected chi connectivity index (χ0v) is 25.4. The predicted octanol–water partition coefficient (Wildman–Crippen LogP) is 5.96. The number of rotatable bonds is 15. The molecule has 0 N–H and O–H groups in total. The fourth-order valence-electron chi connectivity index (χ4n) is 5.48. The third-order valence-electron chi connectivity index (χ3n) is 7.72. The molecule has 2 aromatic rings. The highest BCUT2D eigenvalue weighted by atomic mass is 19.4. The molecule has 0 aliphatic heterocycles. The van der Waals surface area contributed by atoms with Crippen LogP contribution < -0.4 is 4.74 Å². The summed E-state index contributed by atoms with van der Waals surface area (Å²) in [6.45, 7) is 4.24. The third kappa shape index (κ3) is 10.9. The maximum atomic E-state index is 13.1. The van der Waals surface area contributed by atoms with Crippen molar-refractivity contribution in [3.63, 3.8) is 0 Å². The van der Waals surface area contributed by atoms with Crippen molar-refractivity contribution in [3.05, 3.63) is 64.7 Å². The van der Waals surface area contributed by atoms with Crippen molar-refractivity contribution in [2.45, 2.75) is 77.2 Å². The summed E-state index contributed by atoms with van der Waals surface area (Å²) in [6.07, 6.45) is -1.61. The first-order valence-electron chi connectivity index (χ1n) is 14.8. The lowest BCUT2D eigenvalue weighted by Crippen LogP contribution is -2.50. The number of quaternary nitrogens is 1. The van der Waals surface area contributed by atoms with Crippen LogP contribution in [-0.4, -0.2) is 68.6 Å². The van der Waals surface area contributed by atoms with Crippen LogP contribution >= 0.6 is 0 Å². The number of alkyl halides is 3. The molecule has 0 spiro atoms. The molecule has 2 atom stereocenters. The fraction of sp³-hybridized carbons (Fsp3) is 0.545. The summed E-state index contributed by atoms with van der Waals surface area (Å²) in [5.41, 5.74) is 3.55. The molecule has 0 bridgehead atoms. The standard InChI is InChI=1S/C33H42F3N2O5/c1-5-8-23(2)42-31(39)14-12-24-11-13-28(20-37)30(19-24)41-22-29(43-32(40)33(34,35)36)21-38(3,4)16-15-25-17-26-9-6-7-10-27(26)18-25/h6-7,9-11,13,19,23,25,29H,5,8,12,14-18,21-22H2,1-4H3/q+1/t23?,29-/m1/s1. The van der Waals surface area contributed by atoms with Crippen LogP contribution in [0.15, 0.2) is 42.5 Å². The molecule has 7 nitrogen and oxygen atoms in total. The van der Waals surface area contributed by atoms with E-state index in [1.54, 1.807) is 12.1 Å². The van der Waals surface area contributed by atoms with Gasteiger partial charge in [-0.3, -0.25) is 4.79 Å². The molecule has 2 aromatic carbocycles. The number of nitrogens with zero attached hydrogens (tertiary/aromatic N) is 2. The van der Waals surface area contributed by atoms with Crippen molar-refractivity contribution in [3.8, 4) is 11.8 Å². The van der Waals surface area contributed by atoms with Crippen LogP contribution in [0.3, 0.4) is 0 Å². The molecular weight excluding hydrogens is 561 g/mol. The maximum absolute atomic E-state index is 13.1. The fourth-order valence-corrected chi connectivity index (χ4v) is 5.48. The number of aryl methyl sites for hydroxylation is 1. The molecule has 0 aromatic heterocycles. The van der Waals surface area contributed by atoms with Crippen molar-refractivity contribution in [2.75, 3.05) is 33.8 Å². The summed E-state index contributed by atoms with van der Waals surface area (Å²) in [4.78, 5) is 24.0. The first-order valence-corrected chi connectivity index (χ1v) is 14.8. The van der Waals surface area contributed by atoms with Gasteiger partial charge in [-0.1, -0.05) is 43.7 Å². The van der Waals surface area contributed by atoms with Gasteiger partial charge in [0.05, 0.1) is 32.3 Å². The van der Waals surface area contributed by atoms with E-state index in [9.17, 15) is 28.0 Å². The quantitative estimate of drug-likeness (QED) is 0.185. The normalized spacial score (nSPS) is 14.8. The number of carbonyl (C=O) groups is 2. The van der Waals surface area contributed by atoms with Crippen molar-refractivity contribution in [1.82, 2.24) is 0 Å². The van der Waals surface area contributed by atoms with Crippen LogP contribution in [0.25, 0.3) is 0 Å². The zero-order chi connectivity index (χ0) is 31.6. The van der Waals surface area contributed by atoms with Crippen molar-refractivity contribution < 1.29 is 41.5 Å². The minimum atomic E-state index is -5.15. The smallest absolute Gasteiger partial charge is 0.488 e. The molecule has 0 saturated carbocycles. The Labute approximate surface area is 252 Å². The molecular formula is C33H42F3N2O5+. The van der Waals surface area contributed by atoms with Crippen LogP contribution in [-0.2, 0) is 38.3 Å². The van der Waals surface area contributed by atoms with Crippen molar-refractivity contribution in [1.29, 1.82) is 5.26 Å². The van der Waals surface area contributed by atoms with E-state index in [-0.39, 0.29) is 43.0 Å². The number of likely N-dealkylation sites (N-methyl/N-ethyl adjacent to an activating group) is 1. The summed E-state index contributed by atoms with van der Waals surface area (Å²) >= 11 is 0. The molecule has 0 heterocycles. The average molecular weight is 604 g/mol. The van der Waals surface area contributed by atoms with Gasteiger partial charge in [0, 0.05) is 12.8 Å². The number of fused-ring (bicyclic) bond motifs is 1. The van der Waals surface area contributed by atoms with Gasteiger partial charge in [0.2, 0.25) is 0 Å². The SMILES string of the molecule is CCCC(C)OC(=O)CCc1ccc(C#N)c(OC[C@@H](C[N+](C)(C)CCC2Cc3ccccc3C2)OC(=O)C(F)(F)F)c1. The molecule has 0 fully saturated rings. The molecule has 10 heteroatoms. The summed E-state index contributed by atoms with van der Waals surface area (Å²) in [5.74, 6) is -2.03. The number of hydrogen-bond acceptors (Lipinski definition) is 6. The van der Waals surface area contributed by atoms with Crippen LogP contribution in [0.5, 0.6) is 5.75 Å². The van der Waals surface area contributed by atoms with Gasteiger partial charge in [-0.2, -0.15) is 18.4 Å². The lowest BCUT2D eigenvalue weighted by Gasteiger charge is -2.34. The minimum absolute atomic E-state index is 0.0881. The first kappa shape index (κ1) is 33.9. The Morgan fingerprint density at radius 3 is 2.37 bits per heavy atom. The van der Waals surface area contributed by atoms with E-state index in [2.05, 4.69) is 12.1 Å². The predicted molar refractivity (Wildman–Crippen MR) is 155 cm³/mol. The number of esters is 2. The van der Waals surface area contributed by atoms with E-state index in [1.807, 2.05) is 46.1 Å². The summed E-state index contributed by atoms with van der Waals surface area (Å²) in [5, 5.41) is 9.58. The van der Waals surface area contributed by atoms with Crippen molar-refractivity contribution >= 4 is 11.9 Å². The summed E-state index contributed by atoms with van der Waals surface area (Å²) < 4.78 is 55.8. The van der Waals surface area contributed by atoms with E-state index < -0.39 is 18.2 Å². The van der Waals surface area contributed by atoms with Gasteiger partial charge in [0.15, 0.2) is 6.10 Å². The Morgan fingerprint density at radius 2 is 1.77 bits per heavy atom. The van der Waals surface area contributed by atoms with Crippen LogP contribution in [0, 0.1) is 17.2 Å². The van der Waals surface area contributed by atoms with E-state index >= 15 is 0 Å². The van der Waals surface area contributed by atoms with Gasteiger partial charge in [0.25, 0.3) is 0 Å². The van der Waals surface area contributed by atoms with Gasteiger partial charge in [0.1, 0.15) is 25.0 Å². The molecule has 43 heavy (non-hydrogen) atoms. The van der Waals surface area contributed by atoms with E-state index in [4.69, 9.17) is 14.2 Å². The Morgan fingerprint density at radius 1 is 1.09 bits per heavy atom. The topological polar surface area (TPSA) is 85.6 Å². The van der Waals surface area contributed by atoms with Crippen LogP contribution in [0.2, 0.25) is 0 Å². The number of carbonyl (C=O) groups excluding carboxylic acids is 2. The Bertz CT molecular complexity index is 1260. The number of benzene rings is 2. The first-order chi connectivity index (χ1) is 20.3. The monoisotopic (exact) mass is 603 g/mol. The number of halogens is 3. The second-order valence-electron chi connectivity index (χ2n) is 12.0. The maximum Gasteiger partial charge on any atom is 0.490 e. The van der Waals surface area contributed by atoms with Crippen LogP contribution in [0.1, 0.15) is 61.8 Å². The lowest BCUT2D eigenvalue weighted by molar-refractivity contribution is -0.893. The number of hydrogen-bond donors (Lipinski definition) is 0. The second-order valence-corrected chi connectivity index (χ2v) is 12.0. The average Bonchev–Trinajstić information content (AvgIpc) is 3.36. The van der Waals surface area contributed by atoms with Crippen molar-refractivity contribution in [2.24, 2.45) is 5.92 Å². The largest absolute Gasteiger partial charge is 0.490 e. The third-order valence-corrected chi connectivity index (χ3v) is 7.72. The highest BCUT2D eigenvalue weighted by Gasteiger charge is 2.43. The van der Waals surface area contributed by atoms with E-state index in [0.29, 0.717) is 28.9 Å². The molecule has 1 aliphatic rings. The molecule has 3 rings (SSSR count). The summed E-state index contributed by atoms with van der Waals surface area (Å²) in [6, 6.07) is 15.1. The lowest BCUT2D eigenvalue weighted by atomic mass is 10.0. The van der Waals surface area contributed by atoms with Crippen LogP contribution in [0.4, 0.5) is 13.2 Å². The number of nitriles is 1. The molecule has 0 radical (unpaired) electrons. The second kappa shape index (κ2) is 15.2. The zero-order valence-electron chi connectivity index (χ0n) is 25.4. The molecule has 0 saturated heterocycles. The number of ether oxygens (including phenoxy) is 3. The molecule has 234 valence electrons. The molecule has 0 amide bonds. The molecule has 1 unspecified atom stereocenters. The summed E-state index contributed by atoms with van der Waals surface area (Å²) in [7, 11) is 3.77. The Hall–Kier alpha value is -3.58. The van der Waals surface area contributed by atoms with E-state index in [0.717, 1.165) is 32.1 Å².